The number of hydrogen-bond acceptors (Lipinski definition) is 1. The summed E-state index contributed by atoms with van der Waals surface area (Å²) in [6, 6.07) is 0. The number of rotatable bonds is 2. The minimum Gasteiger partial charge on any atom is -0.378 e. The van der Waals surface area contributed by atoms with E-state index in [9.17, 15) is 0 Å². The molecule has 72 valence electrons. The van der Waals surface area contributed by atoms with E-state index in [0.29, 0.717) is 6.10 Å². The molecular weight excluding hydrogens is 148 g/mol. The van der Waals surface area contributed by atoms with Gasteiger partial charge in [0.15, 0.2) is 0 Å². The first-order valence-corrected chi connectivity index (χ1v) is 5.15. The van der Waals surface area contributed by atoms with Gasteiger partial charge in [-0.1, -0.05) is 27.7 Å². The zero-order chi connectivity index (χ0) is 9.30. The van der Waals surface area contributed by atoms with Gasteiger partial charge in [-0.05, 0) is 30.6 Å². The first kappa shape index (κ1) is 10.0. The molecule has 1 aliphatic heterocycles. The quantitative estimate of drug-likeness (QED) is 0.619. The van der Waals surface area contributed by atoms with Crippen molar-refractivity contribution in [3.8, 4) is 0 Å². The van der Waals surface area contributed by atoms with Gasteiger partial charge >= 0.3 is 0 Å². The summed E-state index contributed by atoms with van der Waals surface area (Å²) >= 11 is 0. The van der Waals surface area contributed by atoms with Crippen LogP contribution in [-0.2, 0) is 4.74 Å². The van der Waals surface area contributed by atoms with Crippen LogP contribution in [0, 0.1) is 23.7 Å². The van der Waals surface area contributed by atoms with E-state index in [1.807, 2.05) is 0 Å². The van der Waals surface area contributed by atoms with Crippen LogP contribution >= 0.6 is 0 Å². The van der Waals surface area contributed by atoms with Crippen molar-refractivity contribution >= 4 is 0 Å². The van der Waals surface area contributed by atoms with Crippen molar-refractivity contribution < 1.29 is 4.74 Å². The van der Waals surface area contributed by atoms with Crippen LogP contribution in [0.1, 0.15) is 34.6 Å². The molecule has 1 saturated heterocycles. The Morgan fingerprint density at radius 1 is 1.08 bits per heavy atom. The maximum absolute atomic E-state index is 5.70. The fraction of sp³-hybridized carbons (Fsp3) is 1.00. The van der Waals surface area contributed by atoms with Crippen LogP contribution in [0.4, 0.5) is 0 Å². The lowest BCUT2D eigenvalue weighted by atomic mass is 9.77. The van der Waals surface area contributed by atoms with E-state index in [-0.39, 0.29) is 0 Å². The summed E-state index contributed by atoms with van der Waals surface area (Å²) in [5, 5.41) is 0. The molecule has 2 unspecified atom stereocenters. The highest BCUT2D eigenvalue weighted by atomic mass is 16.5. The summed E-state index contributed by atoms with van der Waals surface area (Å²) in [5.41, 5.74) is 0. The third kappa shape index (κ3) is 1.82. The summed E-state index contributed by atoms with van der Waals surface area (Å²) in [6.07, 6.45) is 0.470. The molecule has 1 aliphatic rings. The van der Waals surface area contributed by atoms with Gasteiger partial charge in [-0.25, -0.2) is 0 Å². The number of hydrogen-bond donors (Lipinski definition) is 0. The van der Waals surface area contributed by atoms with E-state index in [1.54, 1.807) is 0 Å². The number of ether oxygens (including phenoxy) is 1. The molecule has 1 rings (SSSR count). The van der Waals surface area contributed by atoms with Crippen LogP contribution in [0.25, 0.3) is 0 Å². The molecule has 0 spiro atoms. The van der Waals surface area contributed by atoms with E-state index < -0.39 is 0 Å². The molecule has 12 heavy (non-hydrogen) atoms. The molecule has 0 radical (unpaired) electrons. The first-order chi connectivity index (χ1) is 5.54. The van der Waals surface area contributed by atoms with Crippen molar-refractivity contribution in [1.82, 2.24) is 0 Å². The van der Waals surface area contributed by atoms with Crippen LogP contribution in [0.5, 0.6) is 0 Å². The van der Waals surface area contributed by atoms with Gasteiger partial charge in [0.1, 0.15) is 0 Å². The van der Waals surface area contributed by atoms with Crippen molar-refractivity contribution in [1.29, 1.82) is 0 Å². The summed E-state index contributed by atoms with van der Waals surface area (Å²) in [7, 11) is 0. The molecule has 0 aromatic rings. The predicted molar refractivity (Wildman–Crippen MR) is 52.1 cm³/mol. The molecule has 0 amide bonds. The fourth-order valence-corrected chi connectivity index (χ4v) is 2.51. The predicted octanol–water partition coefficient (Wildman–Crippen LogP) is 2.95. The molecule has 0 aromatic carbocycles. The Labute approximate surface area is 76.5 Å². The summed E-state index contributed by atoms with van der Waals surface area (Å²) in [5.74, 6) is 3.07. The molecule has 1 nitrogen and oxygen atoms in total. The topological polar surface area (TPSA) is 9.23 Å². The third-order valence-electron chi connectivity index (χ3n) is 3.21. The molecular formula is C11H22O. The van der Waals surface area contributed by atoms with Crippen molar-refractivity contribution in [3.63, 3.8) is 0 Å². The second-order valence-electron chi connectivity index (χ2n) is 4.77. The van der Waals surface area contributed by atoms with E-state index in [4.69, 9.17) is 4.74 Å². The molecule has 1 fully saturated rings. The smallest absolute Gasteiger partial charge is 0.0581 e. The maximum atomic E-state index is 5.70. The van der Waals surface area contributed by atoms with Gasteiger partial charge in [0, 0.05) is 0 Å². The van der Waals surface area contributed by atoms with Crippen molar-refractivity contribution in [2.75, 3.05) is 6.61 Å². The van der Waals surface area contributed by atoms with Crippen molar-refractivity contribution in [3.05, 3.63) is 0 Å². The Balaban J connectivity index is 2.64. The Hall–Kier alpha value is -0.0400. The van der Waals surface area contributed by atoms with Crippen LogP contribution in [0.3, 0.4) is 0 Å². The van der Waals surface area contributed by atoms with Gasteiger partial charge in [0.2, 0.25) is 0 Å². The first-order valence-electron chi connectivity index (χ1n) is 5.15. The van der Waals surface area contributed by atoms with Gasteiger partial charge in [-0.15, -0.1) is 0 Å². The second kappa shape index (κ2) is 3.78. The van der Waals surface area contributed by atoms with Gasteiger partial charge < -0.3 is 4.74 Å². The minimum absolute atomic E-state index is 0.470. The van der Waals surface area contributed by atoms with Crippen LogP contribution < -0.4 is 0 Å². The molecule has 1 heterocycles. The Bertz CT molecular complexity index is 140. The fourth-order valence-electron chi connectivity index (χ4n) is 2.51. The van der Waals surface area contributed by atoms with E-state index >= 15 is 0 Å². The Kier molecular flexibility index (Phi) is 3.16. The summed E-state index contributed by atoms with van der Waals surface area (Å²) < 4.78 is 5.70. The third-order valence-corrected chi connectivity index (χ3v) is 3.21. The van der Waals surface area contributed by atoms with Gasteiger partial charge in [-0.3, -0.25) is 0 Å². The Morgan fingerprint density at radius 2 is 1.67 bits per heavy atom. The lowest BCUT2D eigenvalue weighted by Gasteiger charge is -2.26. The Morgan fingerprint density at radius 3 is 2.00 bits per heavy atom. The van der Waals surface area contributed by atoms with E-state index in [1.165, 1.54) is 0 Å². The monoisotopic (exact) mass is 170 g/mol. The van der Waals surface area contributed by atoms with E-state index in [0.717, 1.165) is 30.3 Å². The van der Waals surface area contributed by atoms with Crippen molar-refractivity contribution in [2.45, 2.75) is 40.7 Å². The molecule has 0 saturated carbocycles. The SMILES string of the molecule is CC(C)C1CO[C@@H](C)C1C(C)C. The van der Waals surface area contributed by atoms with Gasteiger partial charge in [0.05, 0.1) is 12.7 Å². The normalized spacial score (nSPS) is 36.8. The lowest BCUT2D eigenvalue weighted by molar-refractivity contribution is 0.0946. The van der Waals surface area contributed by atoms with E-state index in [2.05, 4.69) is 34.6 Å². The van der Waals surface area contributed by atoms with Crippen LogP contribution in [0.2, 0.25) is 0 Å². The zero-order valence-electron chi connectivity index (χ0n) is 9.00. The largest absolute Gasteiger partial charge is 0.378 e. The summed E-state index contributed by atoms with van der Waals surface area (Å²) in [4.78, 5) is 0. The average molecular weight is 170 g/mol. The maximum Gasteiger partial charge on any atom is 0.0581 e. The highest BCUT2D eigenvalue weighted by Gasteiger charge is 2.37. The van der Waals surface area contributed by atoms with Crippen LogP contribution in [0.15, 0.2) is 0 Å². The zero-order valence-corrected chi connectivity index (χ0v) is 9.00. The highest BCUT2D eigenvalue weighted by Crippen LogP contribution is 2.37. The molecule has 0 aromatic heterocycles. The molecule has 3 atom stereocenters. The average Bonchev–Trinajstić information content (AvgIpc) is 2.30. The standard InChI is InChI=1S/C11H22O/c1-7(2)10-6-12-9(5)11(10)8(3)4/h7-11H,6H2,1-5H3/t9-,10?,11?/m0/s1. The molecule has 0 N–H and O–H groups in total. The summed E-state index contributed by atoms with van der Waals surface area (Å²) in [6.45, 7) is 12.4. The second-order valence-corrected chi connectivity index (χ2v) is 4.77. The van der Waals surface area contributed by atoms with Crippen LogP contribution in [-0.4, -0.2) is 12.7 Å². The molecule has 1 heteroatoms. The molecule has 0 bridgehead atoms. The van der Waals surface area contributed by atoms with Gasteiger partial charge in [0.25, 0.3) is 0 Å². The lowest BCUT2D eigenvalue weighted by Crippen LogP contribution is -2.26. The molecule has 0 aliphatic carbocycles. The van der Waals surface area contributed by atoms with Gasteiger partial charge in [-0.2, -0.15) is 0 Å². The minimum atomic E-state index is 0.470. The van der Waals surface area contributed by atoms with Crippen molar-refractivity contribution in [2.24, 2.45) is 23.7 Å². The highest BCUT2D eigenvalue weighted by molar-refractivity contribution is 4.84.